The van der Waals surface area contributed by atoms with E-state index < -0.39 is 0 Å². The summed E-state index contributed by atoms with van der Waals surface area (Å²) in [5.41, 5.74) is 0.844. The predicted molar refractivity (Wildman–Crippen MR) is 94.1 cm³/mol. The van der Waals surface area contributed by atoms with Crippen molar-refractivity contribution in [1.29, 1.82) is 0 Å². The fraction of sp³-hybridized carbons (Fsp3) is 0.375. The average Bonchev–Trinajstić information content (AvgIpc) is 2.98. The Labute approximate surface area is 147 Å². The fourth-order valence-corrected chi connectivity index (χ4v) is 2.59. The molecule has 0 aliphatic carbocycles. The second kappa shape index (κ2) is 8.68. The van der Waals surface area contributed by atoms with E-state index in [0.29, 0.717) is 6.54 Å². The van der Waals surface area contributed by atoms with Crippen molar-refractivity contribution >= 4 is 18.3 Å². The second-order valence-electron chi connectivity index (χ2n) is 5.49. The normalized spacial score (nSPS) is 14.8. The Morgan fingerprint density at radius 2 is 1.96 bits per heavy atom. The number of hydrogen-bond acceptors (Lipinski definition) is 5. The van der Waals surface area contributed by atoms with Crippen molar-refractivity contribution in [3.63, 3.8) is 0 Å². The Morgan fingerprint density at radius 1 is 1.25 bits per heavy atom. The molecule has 24 heavy (non-hydrogen) atoms. The van der Waals surface area contributed by atoms with Crippen LogP contribution in [0.2, 0.25) is 0 Å². The molecular weight excluding hydrogens is 330 g/mol. The van der Waals surface area contributed by atoms with Gasteiger partial charge in [-0.3, -0.25) is 9.69 Å². The Balaban J connectivity index is 0.00000208. The third-order valence-electron chi connectivity index (χ3n) is 3.85. The number of hydrogen-bond donors (Lipinski definition) is 3. The molecule has 1 aliphatic rings. The minimum absolute atomic E-state index is 0. The van der Waals surface area contributed by atoms with Gasteiger partial charge in [-0.25, -0.2) is 4.68 Å². The lowest BCUT2D eigenvalue weighted by Crippen LogP contribution is -2.46. The number of para-hydroxylation sites is 1. The first-order chi connectivity index (χ1) is 11.2. The summed E-state index contributed by atoms with van der Waals surface area (Å²) in [6.45, 7) is 5.28. The number of halogens is 1. The minimum Gasteiger partial charge on any atom is -0.504 e. The number of carbonyl (C=O) groups is 1. The molecule has 1 aliphatic heterocycles. The number of aromatic hydroxyl groups is 1. The van der Waals surface area contributed by atoms with Crippen molar-refractivity contribution in [2.75, 3.05) is 39.3 Å². The molecule has 3 N–H and O–H groups in total. The first-order valence-corrected chi connectivity index (χ1v) is 7.79. The lowest BCUT2D eigenvalue weighted by atomic mass is 10.3. The third-order valence-corrected chi connectivity index (χ3v) is 3.85. The average molecular weight is 352 g/mol. The molecule has 1 amide bonds. The van der Waals surface area contributed by atoms with E-state index in [1.54, 1.807) is 0 Å². The van der Waals surface area contributed by atoms with Gasteiger partial charge in [-0.05, 0) is 12.1 Å². The molecule has 0 radical (unpaired) electrons. The van der Waals surface area contributed by atoms with Crippen LogP contribution in [0.5, 0.6) is 5.75 Å². The van der Waals surface area contributed by atoms with E-state index in [9.17, 15) is 9.90 Å². The van der Waals surface area contributed by atoms with Gasteiger partial charge in [-0.1, -0.05) is 18.2 Å². The zero-order valence-electron chi connectivity index (χ0n) is 13.3. The zero-order chi connectivity index (χ0) is 16.1. The highest BCUT2D eigenvalue weighted by atomic mass is 35.5. The van der Waals surface area contributed by atoms with E-state index in [-0.39, 0.29) is 29.8 Å². The highest BCUT2D eigenvalue weighted by Crippen LogP contribution is 2.17. The molecule has 3 rings (SSSR count). The van der Waals surface area contributed by atoms with Crippen LogP contribution in [-0.2, 0) is 0 Å². The van der Waals surface area contributed by atoms with Gasteiger partial charge in [-0.2, -0.15) is 5.10 Å². The molecule has 2 heterocycles. The molecule has 0 spiro atoms. The van der Waals surface area contributed by atoms with Crippen LogP contribution in [0, 0.1) is 0 Å². The monoisotopic (exact) mass is 351 g/mol. The number of piperazine rings is 1. The Bertz CT molecular complexity index is 656. The number of benzene rings is 1. The van der Waals surface area contributed by atoms with E-state index >= 15 is 0 Å². The molecule has 2 aromatic rings. The van der Waals surface area contributed by atoms with E-state index in [2.05, 4.69) is 20.6 Å². The van der Waals surface area contributed by atoms with Crippen LogP contribution in [0.25, 0.3) is 5.69 Å². The summed E-state index contributed by atoms with van der Waals surface area (Å²) < 4.78 is 1.50. The van der Waals surface area contributed by atoms with E-state index in [1.807, 2.05) is 30.3 Å². The number of nitrogens with zero attached hydrogens (tertiary/aromatic N) is 3. The molecule has 0 atom stereocenters. The lowest BCUT2D eigenvalue weighted by Gasteiger charge is -2.26. The van der Waals surface area contributed by atoms with Crippen LogP contribution in [0.1, 0.15) is 10.5 Å². The molecule has 1 fully saturated rings. The molecule has 0 unspecified atom stereocenters. The largest absolute Gasteiger partial charge is 0.504 e. The maximum Gasteiger partial charge on any atom is 0.275 e. The standard InChI is InChI=1S/C16H21N5O2.ClH/c22-14-12-21(13-4-2-1-3-5-13)19-15(14)16(23)18-8-11-20-9-6-17-7-10-20;/h1-5,12,17,22H,6-11H2,(H,18,23);1H. The summed E-state index contributed by atoms with van der Waals surface area (Å²) in [5, 5.41) is 20.2. The Kier molecular flexibility index (Phi) is 6.60. The first-order valence-electron chi connectivity index (χ1n) is 7.79. The first kappa shape index (κ1) is 18.3. The summed E-state index contributed by atoms with van der Waals surface area (Å²) in [7, 11) is 0. The summed E-state index contributed by atoms with van der Waals surface area (Å²) in [6, 6.07) is 9.37. The number of aromatic nitrogens is 2. The van der Waals surface area contributed by atoms with Crippen molar-refractivity contribution in [2.24, 2.45) is 0 Å². The van der Waals surface area contributed by atoms with Crippen molar-refractivity contribution in [3.8, 4) is 11.4 Å². The van der Waals surface area contributed by atoms with Crippen molar-refractivity contribution in [2.45, 2.75) is 0 Å². The summed E-state index contributed by atoms with van der Waals surface area (Å²) in [6.07, 6.45) is 1.44. The minimum atomic E-state index is -0.354. The third kappa shape index (κ3) is 4.47. The van der Waals surface area contributed by atoms with Crippen LogP contribution < -0.4 is 10.6 Å². The highest BCUT2D eigenvalue weighted by Gasteiger charge is 2.17. The van der Waals surface area contributed by atoms with Crippen molar-refractivity contribution in [1.82, 2.24) is 25.3 Å². The molecular formula is C16H22ClN5O2. The van der Waals surface area contributed by atoms with Crippen LogP contribution in [0.3, 0.4) is 0 Å². The molecule has 7 nitrogen and oxygen atoms in total. The quantitative estimate of drug-likeness (QED) is 0.736. The Hall–Kier alpha value is -2.09. The van der Waals surface area contributed by atoms with Crippen LogP contribution in [0.4, 0.5) is 0 Å². The van der Waals surface area contributed by atoms with Crippen LogP contribution >= 0.6 is 12.4 Å². The summed E-state index contributed by atoms with van der Waals surface area (Å²) in [5.74, 6) is -0.471. The van der Waals surface area contributed by atoms with Gasteiger partial charge in [0.15, 0.2) is 11.4 Å². The predicted octanol–water partition coefficient (Wildman–Crippen LogP) is 0.635. The van der Waals surface area contributed by atoms with Gasteiger partial charge < -0.3 is 15.7 Å². The summed E-state index contributed by atoms with van der Waals surface area (Å²) in [4.78, 5) is 14.5. The van der Waals surface area contributed by atoms with Gasteiger partial charge in [0.2, 0.25) is 0 Å². The summed E-state index contributed by atoms with van der Waals surface area (Å²) >= 11 is 0. The lowest BCUT2D eigenvalue weighted by molar-refractivity contribution is 0.0939. The second-order valence-corrected chi connectivity index (χ2v) is 5.49. The fourth-order valence-electron chi connectivity index (χ4n) is 2.59. The van der Waals surface area contributed by atoms with Crippen molar-refractivity contribution < 1.29 is 9.90 Å². The van der Waals surface area contributed by atoms with Gasteiger partial charge in [0.05, 0.1) is 11.9 Å². The SMILES string of the molecule is Cl.O=C(NCCN1CCNCC1)c1nn(-c2ccccc2)cc1O. The molecule has 130 valence electrons. The number of nitrogens with one attached hydrogen (secondary N) is 2. The molecule has 0 bridgehead atoms. The smallest absolute Gasteiger partial charge is 0.275 e. The molecule has 1 aromatic carbocycles. The molecule has 8 heteroatoms. The van der Waals surface area contributed by atoms with E-state index in [1.165, 1.54) is 10.9 Å². The molecule has 1 aromatic heterocycles. The maximum atomic E-state index is 12.2. The van der Waals surface area contributed by atoms with E-state index in [0.717, 1.165) is 38.4 Å². The van der Waals surface area contributed by atoms with Gasteiger partial charge in [0, 0.05) is 39.3 Å². The van der Waals surface area contributed by atoms with Crippen LogP contribution in [-0.4, -0.2) is 65.0 Å². The highest BCUT2D eigenvalue weighted by molar-refractivity contribution is 5.94. The topological polar surface area (TPSA) is 82.4 Å². The number of amides is 1. The van der Waals surface area contributed by atoms with Crippen LogP contribution in [0.15, 0.2) is 36.5 Å². The van der Waals surface area contributed by atoms with Gasteiger partial charge in [-0.15, -0.1) is 12.4 Å². The number of carbonyl (C=O) groups excluding carboxylic acids is 1. The van der Waals surface area contributed by atoms with Gasteiger partial charge in [0.1, 0.15) is 0 Å². The van der Waals surface area contributed by atoms with Gasteiger partial charge >= 0.3 is 0 Å². The molecule has 0 saturated carbocycles. The number of rotatable bonds is 5. The Morgan fingerprint density at radius 3 is 2.67 bits per heavy atom. The maximum absolute atomic E-state index is 12.2. The molecule has 1 saturated heterocycles. The van der Waals surface area contributed by atoms with Gasteiger partial charge in [0.25, 0.3) is 5.91 Å². The zero-order valence-corrected chi connectivity index (χ0v) is 14.1. The van der Waals surface area contributed by atoms with Crippen molar-refractivity contribution in [3.05, 3.63) is 42.2 Å². The van der Waals surface area contributed by atoms with E-state index in [4.69, 9.17) is 0 Å².